The van der Waals surface area contributed by atoms with Gasteiger partial charge >= 0.3 is 0 Å². The summed E-state index contributed by atoms with van der Waals surface area (Å²) in [5.74, 6) is 0.452. The third kappa shape index (κ3) is 4.17. The van der Waals surface area contributed by atoms with Crippen LogP contribution in [0.5, 0.6) is 0 Å². The third-order valence-corrected chi connectivity index (χ3v) is 5.78. The van der Waals surface area contributed by atoms with Crippen molar-refractivity contribution in [3.05, 3.63) is 59.9 Å². The molecule has 0 aliphatic heterocycles. The molecule has 0 spiro atoms. The van der Waals surface area contributed by atoms with Crippen LogP contribution in [0.25, 0.3) is 11.0 Å². The summed E-state index contributed by atoms with van der Waals surface area (Å²) in [6, 6.07) is 13.4. The number of hydrogen-bond donors (Lipinski definition) is 2. The zero-order valence-corrected chi connectivity index (χ0v) is 16.2. The van der Waals surface area contributed by atoms with Gasteiger partial charge in [0.1, 0.15) is 5.82 Å². The molecule has 0 saturated carbocycles. The van der Waals surface area contributed by atoms with Crippen LogP contribution in [0.4, 0.5) is 0 Å². The lowest BCUT2D eigenvalue weighted by Crippen LogP contribution is -2.30. The number of sulfonamides is 1. The van der Waals surface area contributed by atoms with E-state index in [1.165, 1.54) is 24.3 Å². The van der Waals surface area contributed by atoms with Gasteiger partial charge in [0.05, 0.1) is 22.5 Å². The van der Waals surface area contributed by atoms with Crippen LogP contribution >= 0.6 is 0 Å². The predicted octanol–water partition coefficient (Wildman–Crippen LogP) is 2.19. The van der Waals surface area contributed by atoms with Crippen LogP contribution in [0, 0.1) is 0 Å². The van der Waals surface area contributed by atoms with E-state index in [0.29, 0.717) is 5.56 Å². The molecule has 142 valence electrons. The van der Waals surface area contributed by atoms with Crippen molar-refractivity contribution in [1.29, 1.82) is 0 Å². The van der Waals surface area contributed by atoms with Crippen molar-refractivity contribution in [3.8, 4) is 0 Å². The third-order valence-electron chi connectivity index (χ3n) is 4.10. The molecule has 0 fully saturated rings. The van der Waals surface area contributed by atoms with Gasteiger partial charge in [0, 0.05) is 18.7 Å². The number of hydrogen-bond acceptors (Lipinski definition) is 4. The van der Waals surface area contributed by atoms with Gasteiger partial charge in [-0.05, 0) is 50.2 Å². The Kier molecular flexibility index (Phi) is 5.29. The van der Waals surface area contributed by atoms with Crippen LogP contribution in [0.3, 0.4) is 0 Å². The van der Waals surface area contributed by atoms with Gasteiger partial charge in [0.25, 0.3) is 5.91 Å². The number of rotatable bonds is 6. The normalized spacial score (nSPS) is 11.9. The van der Waals surface area contributed by atoms with Gasteiger partial charge in [-0.3, -0.25) is 4.79 Å². The molecule has 0 aliphatic rings. The number of aromatic nitrogens is 2. The minimum atomic E-state index is -3.57. The fourth-order valence-corrected chi connectivity index (χ4v) is 4.03. The highest BCUT2D eigenvalue weighted by Gasteiger charge is 2.16. The Bertz CT molecular complexity index is 1070. The lowest BCUT2D eigenvalue weighted by atomic mass is 10.2. The molecule has 8 heteroatoms. The molecule has 0 saturated heterocycles. The Labute approximate surface area is 158 Å². The lowest BCUT2D eigenvalue weighted by molar-refractivity contribution is 0.0949. The quantitative estimate of drug-likeness (QED) is 0.679. The highest BCUT2D eigenvalue weighted by Crippen LogP contribution is 2.15. The van der Waals surface area contributed by atoms with Crippen LogP contribution in [-0.4, -0.2) is 29.9 Å². The number of aryl methyl sites for hydroxylation is 1. The van der Waals surface area contributed by atoms with Crippen molar-refractivity contribution >= 4 is 27.0 Å². The molecule has 2 N–H and O–H groups in total. The van der Waals surface area contributed by atoms with Crippen LogP contribution in [-0.2, 0) is 23.6 Å². The Balaban J connectivity index is 1.70. The van der Waals surface area contributed by atoms with Crippen molar-refractivity contribution in [3.63, 3.8) is 0 Å². The van der Waals surface area contributed by atoms with E-state index in [0.717, 1.165) is 16.9 Å². The average Bonchev–Trinajstić information content (AvgIpc) is 2.95. The Morgan fingerprint density at radius 3 is 2.41 bits per heavy atom. The summed E-state index contributed by atoms with van der Waals surface area (Å²) < 4.78 is 28.7. The monoisotopic (exact) mass is 386 g/mol. The van der Waals surface area contributed by atoms with Crippen molar-refractivity contribution in [2.24, 2.45) is 7.05 Å². The number of fused-ring (bicyclic) bond motifs is 1. The number of amides is 1. The van der Waals surface area contributed by atoms with Gasteiger partial charge in [0.2, 0.25) is 10.0 Å². The van der Waals surface area contributed by atoms with Crippen LogP contribution < -0.4 is 10.0 Å². The first-order chi connectivity index (χ1) is 12.8. The number of nitrogens with one attached hydrogen (secondary N) is 2. The zero-order valence-electron chi connectivity index (χ0n) is 15.4. The lowest BCUT2D eigenvalue weighted by Gasteiger charge is -2.10. The first kappa shape index (κ1) is 19.1. The average molecular weight is 386 g/mol. The molecule has 2 aromatic carbocycles. The first-order valence-corrected chi connectivity index (χ1v) is 10.1. The fraction of sp³-hybridized carbons (Fsp3) is 0.263. The van der Waals surface area contributed by atoms with Gasteiger partial charge in [-0.15, -0.1) is 0 Å². The van der Waals surface area contributed by atoms with Gasteiger partial charge in [-0.2, -0.15) is 0 Å². The number of imidazole rings is 1. The Morgan fingerprint density at radius 2 is 1.78 bits per heavy atom. The minimum absolute atomic E-state index is 0.128. The van der Waals surface area contributed by atoms with Gasteiger partial charge in [-0.1, -0.05) is 12.1 Å². The molecule has 0 aliphatic carbocycles. The summed E-state index contributed by atoms with van der Waals surface area (Å²) in [6.07, 6.45) is 0. The predicted molar refractivity (Wildman–Crippen MR) is 104 cm³/mol. The summed E-state index contributed by atoms with van der Waals surface area (Å²) in [5.41, 5.74) is 2.25. The zero-order chi connectivity index (χ0) is 19.6. The molecule has 0 radical (unpaired) electrons. The molecule has 3 rings (SSSR count). The first-order valence-electron chi connectivity index (χ1n) is 8.59. The molecule has 3 aromatic rings. The standard InChI is InChI=1S/C19H22N4O3S/c1-13(2)22-27(25,26)15-10-8-14(9-11-15)19(24)20-12-18-21-16-6-4-5-7-17(16)23(18)3/h4-11,13,22H,12H2,1-3H3,(H,20,24). The number of para-hydroxylation sites is 2. The number of nitrogens with zero attached hydrogens (tertiary/aromatic N) is 2. The molecule has 0 unspecified atom stereocenters. The number of carbonyl (C=O) groups excluding carboxylic acids is 1. The Hall–Kier alpha value is -2.71. The Morgan fingerprint density at radius 1 is 1.11 bits per heavy atom. The molecule has 27 heavy (non-hydrogen) atoms. The SMILES string of the molecule is CC(C)NS(=O)(=O)c1ccc(C(=O)NCc2nc3ccccc3n2C)cc1. The molecule has 0 bridgehead atoms. The van der Waals surface area contributed by atoms with E-state index in [4.69, 9.17) is 0 Å². The number of carbonyl (C=O) groups is 1. The van der Waals surface area contributed by atoms with Gasteiger partial charge in [-0.25, -0.2) is 18.1 Å². The van der Waals surface area contributed by atoms with E-state index >= 15 is 0 Å². The van der Waals surface area contributed by atoms with Crippen molar-refractivity contribution in [2.45, 2.75) is 31.3 Å². The van der Waals surface area contributed by atoms with Gasteiger partial charge in [0.15, 0.2) is 0 Å². The van der Waals surface area contributed by atoms with Crippen LogP contribution in [0.2, 0.25) is 0 Å². The van der Waals surface area contributed by atoms with Gasteiger partial charge < -0.3 is 9.88 Å². The van der Waals surface area contributed by atoms with E-state index in [1.54, 1.807) is 13.8 Å². The highest BCUT2D eigenvalue weighted by molar-refractivity contribution is 7.89. The maximum atomic E-state index is 12.4. The summed E-state index contributed by atoms with van der Waals surface area (Å²) >= 11 is 0. The smallest absolute Gasteiger partial charge is 0.251 e. The minimum Gasteiger partial charge on any atom is -0.345 e. The van der Waals surface area contributed by atoms with Crippen molar-refractivity contribution in [2.75, 3.05) is 0 Å². The highest BCUT2D eigenvalue weighted by atomic mass is 32.2. The largest absolute Gasteiger partial charge is 0.345 e. The molecular weight excluding hydrogens is 364 g/mol. The van der Waals surface area contributed by atoms with E-state index in [9.17, 15) is 13.2 Å². The topological polar surface area (TPSA) is 93.1 Å². The van der Waals surface area contributed by atoms with Crippen LogP contribution in [0.15, 0.2) is 53.4 Å². The maximum Gasteiger partial charge on any atom is 0.251 e. The second kappa shape index (κ2) is 7.50. The second-order valence-corrected chi connectivity index (χ2v) is 8.27. The van der Waals surface area contributed by atoms with Crippen molar-refractivity contribution < 1.29 is 13.2 Å². The maximum absolute atomic E-state index is 12.4. The van der Waals surface area contributed by atoms with E-state index < -0.39 is 10.0 Å². The van der Waals surface area contributed by atoms with Crippen molar-refractivity contribution in [1.82, 2.24) is 19.6 Å². The molecule has 1 aromatic heterocycles. The second-order valence-electron chi connectivity index (χ2n) is 6.56. The molecule has 1 heterocycles. The molecule has 0 atom stereocenters. The number of benzene rings is 2. The summed E-state index contributed by atoms with van der Waals surface area (Å²) in [4.78, 5) is 17.0. The van der Waals surface area contributed by atoms with E-state index in [1.807, 2.05) is 35.9 Å². The molecule has 7 nitrogen and oxygen atoms in total. The van der Waals surface area contributed by atoms with E-state index in [-0.39, 0.29) is 23.4 Å². The fourth-order valence-electron chi connectivity index (χ4n) is 2.78. The van der Waals surface area contributed by atoms with E-state index in [2.05, 4.69) is 15.0 Å². The summed E-state index contributed by atoms with van der Waals surface area (Å²) in [5, 5.41) is 2.82. The summed E-state index contributed by atoms with van der Waals surface area (Å²) in [7, 11) is -1.67. The van der Waals surface area contributed by atoms with Crippen LogP contribution in [0.1, 0.15) is 30.0 Å². The molecule has 1 amide bonds. The molecular formula is C19H22N4O3S. The summed E-state index contributed by atoms with van der Waals surface area (Å²) in [6.45, 7) is 3.78.